The van der Waals surface area contributed by atoms with Crippen molar-refractivity contribution < 1.29 is 13.5 Å². The quantitative estimate of drug-likeness (QED) is 0.759. The molecule has 0 aromatic heterocycles. The van der Waals surface area contributed by atoms with E-state index in [-0.39, 0.29) is 0 Å². The van der Waals surface area contributed by atoms with Gasteiger partial charge in [0.05, 0.1) is 7.11 Å². The SMILES string of the molecule is COc1cc(F)c(F)cc1C=CCBr. The van der Waals surface area contributed by atoms with E-state index in [2.05, 4.69) is 15.9 Å². The van der Waals surface area contributed by atoms with Crippen LogP contribution >= 0.6 is 15.9 Å². The van der Waals surface area contributed by atoms with Gasteiger partial charge in [0.15, 0.2) is 11.6 Å². The highest BCUT2D eigenvalue weighted by molar-refractivity contribution is 9.09. The van der Waals surface area contributed by atoms with Gasteiger partial charge in [-0.25, -0.2) is 8.78 Å². The molecule has 0 amide bonds. The van der Waals surface area contributed by atoms with Crippen LogP contribution in [0.3, 0.4) is 0 Å². The van der Waals surface area contributed by atoms with Crippen LogP contribution in [0.4, 0.5) is 8.78 Å². The van der Waals surface area contributed by atoms with Crippen LogP contribution < -0.4 is 4.74 Å². The fourth-order valence-electron chi connectivity index (χ4n) is 1.02. The number of hydrogen-bond donors (Lipinski definition) is 0. The van der Waals surface area contributed by atoms with Gasteiger partial charge in [-0.1, -0.05) is 28.1 Å². The standard InChI is InChI=1S/C10H9BrF2O/c1-14-10-6-9(13)8(12)5-7(10)3-2-4-11/h2-3,5-6H,4H2,1H3. The number of alkyl halides is 1. The maximum Gasteiger partial charge on any atom is 0.162 e. The average Bonchev–Trinajstić information content (AvgIpc) is 2.19. The second kappa shape index (κ2) is 5.10. The van der Waals surface area contributed by atoms with Gasteiger partial charge < -0.3 is 4.74 Å². The predicted octanol–water partition coefficient (Wildman–Crippen LogP) is 3.38. The summed E-state index contributed by atoms with van der Waals surface area (Å²) in [6.45, 7) is 0. The van der Waals surface area contributed by atoms with Crippen molar-refractivity contribution in [3.05, 3.63) is 35.4 Å². The molecule has 1 nitrogen and oxygen atoms in total. The molecular formula is C10H9BrF2O. The Kier molecular flexibility index (Phi) is 4.07. The second-order valence-electron chi connectivity index (χ2n) is 2.56. The Morgan fingerprint density at radius 2 is 2.00 bits per heavy atom. The van der Waals surface area contributed by atoms with Crippen molar-refractivity contribution in [3.8, 4) is 5.75 Å². The number of allylic oxidation sites excluding steroid dienone is 1. The van der Waals surface area contributed by atoms with Crippen molar-refractivity contribution in [2.45, 2.75) is 0 Å². The number of halogens is 3. The van der Waals surface area contributed by atoms with E-state index in [1.807, 2.05) is 0 Å². The minimum absolute atomic E-state index is 0.320. The lowest BCUT2D eigenvalue weighted by Gasteiger charge is -2.05. The van der Waals surface area contributed by atoms with E-state index in [4.69, 9.17) is 4.74 Å². The lowest BCUT2D eigenvalue weighted by molar-refractivity contribution is 0.405. The Labute approximate surface area is 89.5 Å². The molecular weight excluding hydrogens is 254 g/mol. The Balaban J connectivity index is 3.13. The highest BCUT2D eigenvalue weighted by atomic mass is 79.9. The van der Waals surface area contributed by atoms with E-state index in [0.717, 1.165) is 12.1 Å². The van der Waals surface area contributed by atoms with E-state index < -0.39 is 11.6 Å². The summed E-state index contributed by atoms with van der Waals surface area (Å²) in [5.74, 6) is -1.46. The number of methoxy groups -OCH3 is 1. The molecule has 1 aromatic rings. The van der Waals surface area contributed by atoms with Crippen LogP contribution in [0.15, 0.2) is 18.2 Å². The van der Waals surface area contributed by atoms with Crippen molar-refractivity contribution in [2.24, 2.45) is 0 Å². The molecule has 0 fully saturated rings. The van der Waals surface area contributed by atoms with Crippen LogP contribution in [0.2, 0.25) is 0 Å². The highest BCUT2D eigenvalue weighted by Crippen LogP contribution is 2.23. The molecule has 4 heteroatoms. The summed E-state index contributed by atoms with van der Waals surface area (Å²) in [6, 6.07) is 2.14. The smallest absolute Gasteiger partial charge is 0.162 e. The third-order valence-electron chi connectivity index (χ3n) is 1.66. The van der Waals surface area contributed by atoms with E-state index in [1.165, 1.54) is 7.11 Å². The van der Waals surface area contributed by atoms with E-state index in [9.17, 15) is 8.78 Å². The van der Waals surface area contributed by atoms with E-state index >= 15 is 0 Å². The van der Waals surface area contributed by atoms with Crippen molar-refractivity contribution in [1.29, 1.82) is 0 Å². The molecule has 0 aliphatic heterocycles. The van der Waals surface area contributed by atoms with Gasteiger partial charge in [-0.15, -0.1) is 0 Å². The summed E-state index contributed by atoms with van der Waals surface area (Å²) in [5, 5.41) is 0.648. The lowest BCUT2D eigenvalue weighted by atomic mass is 10.2. The first kappa shape index (κ1) is 11.2. The Bertz CT molecular complexity index is 350. The number of ether oxygens (including phenoxy) is 1. The second-order valence-corrected chi connectivity index (χ2v) is 3.21. The lowest BCUT2D eigenvalue weighted by Crippen LogP contribution is -1.92. The van der Waals surface area contributed by atoms with E-state index in [0.29, 0.717) is 16.6 Å². The zero-order valence-corrected chi connectivity index (χ0v) is 9.14. The van der Waals surface area contributed by atoms with Gasteiger partial charge in [-0.2, -0.15) is 0 Å². The summed E-state index contributed by atoms with van der Waals surface area (Å²) in [6.07, 6.45) is 3.44. The molecule has 0 aliphatic carbocycles. The van der Waals surface area contributed by atoms with Crippen LogP contribution in [0.5, 0.6) is 5.75 Å². The van der Waals surface area contributed by atoms with Gasteiger partial charge in [-0.05, 0) is 6.07 Å². The molecule has 14 heavy (non-hydrogen) atoms. The molecule has 0 spiro atoms. The molecule has 0 N–H and O–H groups in total. The number of hydrogen-bond acceptors (Lipinski definition) is 1. The molecule has 0 heterocycles. The van der Waals surface area contributed by atoms with Crippen LogP contribution in [0.25, 0.3) is 6.08 Å². The minimum Gasteiger partial charge on any atom is -0.496 e. The van der Waals surface area contributed by atoms with Crippen molar-refractivity contribution >= 4 is 22.0 Å². The fraction of sp³-hybridized carbons (Fsp3) is 0.200. The topological polar surface area (TPSA) is 9.23 Å². The Morgan fingerprint density at radius 1 is 1.36 bits per heavy atom. The molecule has 0 aliphatic rings. The third kappa shape index (κ3) is 2.54. The first-order chi connectivity index (χ1) is 6.69. The molecule has 0 saturated carbocycles. The number of benzene rings is 1. The molecule has 1 rings (SSSR count). The van der Waals surface area contributed by atoms with Gasteiger partial charge in [0, 0.05) is 17.0 Å². The maximum atomic E-state index is 12.8. The Hall–Kier alpha value is -0.900. The molecule has 0 saturated heterocycles. The Morgan fingerprint density at radius 3 is 2.57 bits per heavy atom. The van der Waals surface area contributed by atoms with Crippen LogP contribution in [-0.2, 0) is 0 Å². The maximum absolute atomic E-state index is 12.8. The summed E-state index contributed by atoms with van der Waals surface area (Å²) >= 11 is 3.19. The normalized spacial score (nSPS) is 10.9. The van der Waals surface area contributed by atoms with Gasteiger partial charge in [0.1, 0.15) is 5.75 Å². The molecule has 0 radical (unpaired) electrons. The third-order valence-corrected chi connectivity index (χ3v) is 2.03. The summed E-state index contributed by atoms with van der Waals surface area (Å²) < 4.78 is 30.5. The van der Waals surface area contributed by atoms with Crippen LogP contribution in [0, 0.1) is 11.6 Å². The van der Waals surface area contributed by atoms with Gasteiger partial charge in [0.2, 0.25) is 0 Å². The fourth-order valence-corrected chi connectivity index (χ4v) is 1.21. The molecule has 76 valence electrons. The van der Waals surface area contributed by atoms with Crippen LogP contribution in [0.1, 0.15) is 5.56 Å². The van der Waals surface area contributed by atoms with Crippen molar-refractivity contribution in [3.63, 3.8) is 0 Å². The van der Waals surface area contributed by atoms with E-state index in [1.54, 1.807) is 12.2 Å². The predicted molar refractivity (Wildman–Crippen MR) is 55.7 cm³/mol. The van der Waals surface area contributed by atoms with Gasteiger partial charge in [0.25, 0.3) is 0 Å². The summed E-state index contributed by atoms with van der Waals surface area (Å²) in [7, 11) is 1.41. The van der Waals surface area contributed by atoms with Crippen molar-refractivity contribution in [2.75, 3.05) is 12.4 Å². The van der Waals surface area contributed by atoms with Crippen LogP contribution in [-0.4, -0.2) is 12.4 Å². The first-order valence-electron chi connectivity index (χ1n) is 3.94. The first-order valence-corrected chi connectivity index (χ1v) is 5.06. The highest BCUT2D eigenvalue weighted by Gasteiger charge is 2.07. The molecule has 0 atom stereocenters. The molecule has 0 bridgehead atoms. The molecule has 1 aromatic carbocycles. The minimum atomic E-state index is -0.905. The van der Waals surface area contributed by atoms with Gasteiger partial charge in [-0.3, -0.25) is 0 Å². The van der Waals surface area contributed by atoms with Crippen molar-refractivity contribution in [1.82, 2.24) is 0 Å². The monoisotopic (exact) mass is 262 g/mol. The largest absolute Gasteiger partial charge is 0.496 e. The number of rotatable bonds is 3. The summed E-state index contributed by atoms with van der Waals surface area (Å²) in [5.41, 5.74) is 0.519. The summed E-state index contributed by atoms with van der Waals surface area (Å²) in [4.78, 5) is 0. The average molecular weight is 263 g/mol. The zero-order valence-electron chi connectivity index (χ0n) is 7.56. The zero-order chi connectivity index (χ0) is 10.6. The molecule has 0 unspecified atom stereocenters. The van der Waals surface area contributed by atoms with Gasteiger partial charge >= 0.3 is 0 Å².